The molecule has 17 heavy (non-hydrogen) atoms. The van der Waals surface area contributed by atoms with Gasteiger partial charge in [0.25, 0.3) is 5.91 Å². The minimum atomic E-state index is -0.163. The zero-order valence-electron chi connectivity index (χ0n) is 10.3. The Labute approximate surface area is 106 Å². The zero-order valence-corrected chi connectivity index (χ0v) is 11.1. The van der Waals surface area contributed by atoms with Gasteiger partial charge in [-0.05, 0) is 25.0 Å². The van der Waals surface area contributed by atoms with Crippen LogP contribution in [-0.2, 0) is 0 Å². The van der Waals surface area contributed by atoms with Gasteiger partial charge in [-0.2, -0.15) is 0 Å². The molecule has 92 valence electrons. The first-order chi connectivity index (χ1) is 8.04. The van der Waals surface area contributed by atoms with Gasteiger partial charge in [0.05, 0.1) is 9.75 Å². The number of carbonyl (C=O) groups is 1. The van der Waals surface area contributed by atoms with Gasteiger partial charge in [0.2, 0.25) is 0 Å². The monoisotopic (exact) mass is 251 g/mol. The molecule has 0 aliphatic rings. The van der Waals surface area contributed by atoms with E-state index in [1.807, 2.05) is 6.92 Å². The summed E-state index contributed by atoms with van der Waals surface area (Å²) in [5, 5.41) is 11.5. The van der Waals surface area contributed by atoms with Gasteiger partial charge in [0.1, 0.15) is 6.61 Å². The topological polar surface area (TPSA) is 49.3 Å². The Balaban J connectivity index is 2.67. The first kappa shape index (κ1) is 13.8. The van der Waals surface area contributed by atoms with E-state index in [4.69, 9.17) is 5.11 Å². The normalized spacial score (nSPS) is 11.8. The largest absolute Gasteiger partial charge is 0.384 e. The predicted octanol–water partition coefficient (Wildman–Crippen LogP) is 1.87. The van der Waals surface area contributed by atoms with Crippen molar-refractivity contribution in [1.29, 1.82) is 0 Å². The van der Waals surface area contributed by atoms with Crippen LogP contribution in [-0.4, -0.2) is 23.7 Å². The molecule has 0 aliphatic heterocycles. The minimum absolute atomic E-state index is 0.0618. The molecule has 0 spiro atoms. The van der Waals surface area contributed by atoms with E-state index in [-0.39, 0.29) is 18.6 Å². The van der Waals surface area contributed by atoms with Crippen LogP contribution in [0.15, 0.2) is 12.1 Å². The molecule has 1 heterocycles. The molecule has 2 N–H and O–H groups in total. The summed E-state index contributed by atoms with van der Waals surface area (Å²) in [6, 6.07) is 3.70. The van der Waals surface area contributed by atoms with Gasteiger partial charge in [-0.3, -0.25) is 4.79 Å². The van der Waals surface area contributed by atoms with E-state index in [1.54, 1.807) is 12.1 Å². The lowest BCUT2D eigenvalue weighted by atomic mass is 10.1. The third-order valence-corrected chi connectivity index (χ3v) is 3.48. The maximum absolute atomic E-state index is 11.8. The van der Waals surface area contributed by atoms with Crippen LogP contribution >= 0.6 is 11.3 Å². The number of amides is 1. The van der Waals surface area contributed by atoms with E-state index in [0.29, 0.717) is 10.8 Å². The maximum atomic E-state index is 11.8. The molecular weight excluding hydrogens is 234 g/mol. The lowest BCUT2D eigenvalue weighted by Crippen LogP contribution is -2.35. The van der Waals surface area contributed by atoms with Crippen LogP contribution in [0.1, 0.15) is 35.3 Å². The van der Waals surface area contributed by atoms with Gasteiger partial charge in [-0.15, -0.1) is 11.3 Å². The van der Waals surface area contributed by atoms with Crippen LogP contribution in [0.3, 0.4) is 0 Å². The number of nitrogens with one attached hydrogen (secondary N) is 1. The highest BCUT2D eigenvalue weighted by molar-refractivity contribution is 7.14. The smallest absolute Gasteiger partial charge is 0.261 e. The van der Waals surface area contributed by atoms with Crippen molar-refractivity contribution in [3.8, 4) is 11.8 Å². The molecule has 1 unspecified atom stereocenters. The van der Waals surface area contributed by atoms with E-state index in [2.05, 4.69) is 31.0 Å². The van der Waals surface area contributed by atoms with E-state index >= 15 is 0 Å². The van der Waals surface area contributed by atoms with Crippen molar-refractivity contribution in [3.63, 3.8) is 0 Å². The Morgan fingerprint density at radius 2 is 2.18 bits per heavy atom. The Morgan fingerprint density at radius 1 is 1.47 bits per heavy atom. The number of hydrogen-bond acceptors (Lipinski definition) is 3. The molecule has 3 nitrogen and oxygen atoms in total. The lowest BCUT2D eigenvalue weighted by molar-refractivity contribution is 0.0934. The molecule has 0 fully saturated rings. The van der Waals surface area contributed by atoms with Gasteiger partial charge in [-0.1, -0.05) is 25.7 Å². The van der Waals surface area contributed by atoms with Crippen molar-refractivity contribution >= 4 is 17.2 Å². The standard InChI is InChI=1S/C13H17NO2S/c1-9(2)10(3)14-13(16)12-7-6-11(17-12)5-4-8-15/h6-7,9-10,15H,8H2,1-3H3,(H,14,16). The van der Waals surface area contributed by atoms with Gasteiger partial charge in [0.15, 0.2) is 0 Å². The summed E-state index contributed by atoms with van der Waals surface area (Å²) in [5.74, 6) is 5.69. The lowest BCUT2D eigenvalue weighted by Gasteiger charge is -2.16. The fraction of sp³-hybridized carbons (Fsp3) is 0.462. The molecule has 0 saturated carbocycles. The van der Waals surface area contributed by atoms with E-state index in [1.165, 1.54) is 11.3 Å². The van der Waals surface area contributed by atoms with Crippen molar-refractivity contribution in [2.75, 3.05) is 6.61 Å². The number of thiophene rings is 1. The molecular formula is C13H17NO2S. The predicted molar refractivity (Wildman–Crippen MR) is 70.0 cm³/mol. The summed E-state index contributed by atoms with van der Waals surface area (Å²) in [6.07, 6.45) is 0. The molecule has 4 heteroatoms. The van der Waals surface area contributed by atoms with Crippen LogP contribution in [0, 0.1) is 17.8 Å². The molecule has 1 amide bonds. The second-order valence-electron chi connectivity index (χ2n) is 4.13. The Kier molecular flexibility index (Phi) is 5.20. The second kappa shape index (κ2) is 6.43. The summed E-state index contributed by atoms with van der Waals surface area (Å²) >= 11 is 1.34. The van der Waals surface area contributed by atoms with Crippen molar-refractivity contribution in [2.45, 2.75) is 26.8 Å². The van der Waals surface area contributed by atoms with Crippen LogP contribution in [0.25, 0.3) is 0 Å². The third kappa shape index (κ3) is 4.22. The molecule has 0 saturated heterocycles. The average molecular weight is 251 g/mol. The Bertz CT molecular complexity index is 440. The van der Waals surface area contributed by atoms with Crippen molar-refractivity contribution in [2.24, 2.45) is 5.92 Å². The summed E-state index contributed by atoms with van der Waals surface area (Å²) in [6.45, 7) is 5.96. The summed E-state index contributed by atoms with van der Waals surface area (Å²) < 4.78 is 0. The fourth-order valence-corrected chi connectivity index (χ4v) is 1.88. The van der Waals surface area contributed by atoms with E-state index < -0.39 is 0 Å². The van der Waals surface area contributed by atoms with Crippen LogP contribution in [0.5, 0.6) is 0 Å². The highest BCUT2D eigenvalue weighted by Gasteiger charge is 2.13. The molecule has 1 rings (SSSR count). The zero-order chi connectivity index (χ0) is 12.8. The van der Waals surface area contributed by atoms with E-state index in [9.17, 15) is 4.79 Å². The van der Waals surface area contributed by atoms with Crippen molar-refractivity contribution in [3.05, 3.63) is 21.9 Å². The molecule has 1 atom stereocenters. The molecule has 1 aromatic heterocycles. The number of hydrogen-bond donors (Lipinski definition) is 2. The van der Waals surface area contributed by atoms with Gasteiger partial charge in [0, 0.05) is 6.04 Å². The average Bonchev–Trinajstić information content (AvgIpc) is 2.74. The van der Waals surface area contributed by atoms with E-state index in [0.717, 1.165) is 4.88 Å². The Hall–Kier alpha value is -1.31. The minimum Gasteiger partial charge on any atom is -0.384 e. The summed E-state index contributed by atoms with van der Waals surface area (Å²) in [5.41, 5.74) is 0. The fourth-order valence-electron chi connectivity index (χ4n) is 1.10. The SMILES string of the molecule is CC(C)C(C)NC(=O)c1ccc(C#CCO)s1. The van der Waals surface area contributed by atoms with Gasteiger partial charge in [-0.25, -0.2) is 0 Å². The molecule has 0 radical (unpaired) electrons. The molecule has 1 aromatic rings. The first-order valence-corrected chi connectivity index (χ1v) is 6.36. The number of aliphatic hydroxyl groups is 1. The molecule has 0 bridgehead atoms. The summed E-state index contributed by atoms with van der Waals surface area (Å²) in [7, 11) is 0. The van der Waals surface area contributed by atoms with Crippen LogP contribution in [0.4, 0.5) is 0 Å². The highest BCUT2D eigenvalue weighted by atomic mass is 32.1. The highest BCUT2D eigenvalue weighted by Crippen LogP contribution is 2.15. The number of carbonyl (C=O) groups excluding carboxylic acids is 1. The second-order valence-corrected chi connectivity index (χ2v) is 5.21. The van der Waals surface area contributed by atoms with Crippen molar-refractivity contribution in [1.82, 2.24) is 5.32 Å². The van der Waals surface area contributed by atoms with Crippen LogP contribution in [0.2, 0.25) is 0 Å². The third-order valence-electron chi connectivity index (χ3n) is 2.48. The van der Waals surface area contributed by atoms with Gasteiger partial charge >= 0.3 is 0 Å². The number of rotatable bonds is 3. The first-order valence-electron chi connectivity index (χ1n) is 5.55. The Morgan fingerprint density at radius 3 is 2.76 bits per heavy atom. The van der Waals surface area contributed by atoms with Crippen molar-refractivity contribution < 1.29 is 9.90 Å². The van der Waals surface area contributed by atoms with Gasteiger partial charge < -0.3 is 10.4 Å². The maximum Gasteiger partial charge on any atom is 0.261 e. The van der Waals surface area contributed by atoms with Crippen LogP contribution < -0.4 is 5.32 Å². The molecule has 0 aliphatic carbocycles. The number of aliphatic hydroxyl groups excluding tert-OH is 1. The summed E-state index contributed by atoms with van der Waals surface area (Å²) in [4.78, 5) is 13.3. The quantitative estimate of drug-likeness (QED) is 0.806. The molecule has 0 aromatic carbocycles.